The predicted octanol–water partition coefficient (Wildman–Crippen LogP) is 2.36. The summed E-state index contributed by atoms with van der Waals surface area (Å²) in [5.41, 5.74) is 0.684. The van der Waals surface area contributed by atoms with Crippen molar-refractivity contribution in [3.05, 3.63) is 35.9 Å². The summed E-state index contributed by atoms with van der Waals surface area (Å²) in [5, 5.41) is 0. The van der Waals surface area contributed by atoms with Gasteiger partial charge in [-0.1, -0.05) is 32.0 Å². The maximum atomic E-state index is 12.7. The second-order valence-corrected chi connectivity index (χ2v) is 5.42. The molecule has 20 heavy (non-hydrogen) atoms. The van der Waals surface area contributed by atoms with E-state index in [1.807, 2.05) is 35.2 Å². The third-order valence-electron chi connectivity index (χ3n) is 4.11. The summed E-state index contributed by atoms with van der Waals surface area (Å²) in [7, 11) is 1.80. The van der Waals surface area contributed by atoms with Crippen LogP contribution < -0.4 is 0 Å². The van der Waals surface area contributed by atoms with Crippen molar-refractivity contribution < 1.29 is 9.59 Å². The predicted molar refractivity (Wildman–Crippen MR) is 78.1 cm³/mol. The molecule has 0 N–H and O–H groups in total. The van der Waals surface area contributed by atoms with Crippen molar-refractivity contribution in [2.24, 2.45) is 5.92 Å². The molecule has 1 aliphatic heterocycles. The molecule has 1 unspecified atom stereocenters. The van der Waals surface area contributed by atoms with E-state index < -0.39 is 0 Å². The van der Waals surface area contributed by atoms with E-state index in [4.69, 9.17) is 0 Å². The normalized spacial score (nSPS) is 20.9. The lowest BCUT2D eigenvalue weighted by atomic mass is 9.99. The van der Waals surface area contributed by atoms with E-state index in [1.54, 1.807) is 11.9 Å². The van der Waals surface area contributed by atoms with Crippen LogP contribution in [0.2, 0.25) is 0 Å². The number of hydrogen-bond donors (Lipinski definition) is 0. The molecule has 4 heteroatoms. The zero-order chi connectivity index (χ0) is 14.7. The molecule has 0 aliphatic carbocycles. The molecule has 0 aromatic heterocycles. The highest BCUT2D eigenvalue weighted by Crippen LogP contribution is 2.24. The number of carbonyl (C=O) groups excluding carboxylic acids is 2. The zero-order valence-corrected chi connectivity index (χ0v) is 12.4. The van der Waals surface area contributed by atoms with Crippen LogP contribution in [0.1, 0.15) is 37.0 Å². The van der Waals surface area contributed by atoms with Crippen molar-refractivity contribution in [3.8, 4) is 0 Å². The van der Waals surface area contributed by atoms with Gasteiger partial charge in [-0.25, -0.2) is 0 Å². The Kier molecular flexibility index (Phi) is 4.42. The van der Waals surface area contributed by atoms with Crippen molar-refractivity contribution in [1.29, 1.82) is 0 Å². The molecule has 1 aromatic carbocycles. The van der Waals surface area contributed by atoms with E-state index >= 15 is 0 Å². The first kappa shape index (κ1) is 14.6. The van der Waals surface area contributed by atoms with Gasteiger partial charge in [-0.3, -0.25) is 9.59 Å². The minimum absolute atomic E-state index is 0.00949. The maximum Gasteiger partial charge on any atom is 0.255 e. The second-order valence-electron chi connectivity index (χ2n) is 5.42. The van der Waals surface area contributed by atoms with Gasteiger partial charge in [-0.05, 0) is 24.5 Å². The molecule has 2 atom stereocenters. The summed E-state index contributed by atoms with van der Waals surface area (Å²) in [6.45, 7) is 4.68. The van der Waals surface area contributed by atoms with Crippen molar-refractivity contribution in [3.63, 3.8) is 0 Å². The molecular weight excluding hydrogens is 252 g/mol. The molecule has 0 radical (unpaired) electrons. The van der Waals surface area contributed by atoms with Gasteiger partial charge in [0, 0.05) is 25.6 Å². The summed E-state index contributed by atoms with van der Waals surface area (Å²) in [6.07, 6.45) is 1.19. The Balaban J connectivity index is 2.28. The Morgan fingerprint density at radius 3 is 2.60 bits per heavy atom. The van der Waals surface area contributed by atoms with Crippen LogP contribution in [-0.2, 0) is 4.79 Å². The molecule has 1 aliphatic rings. The second kappa shape index (κ2) is 6.07. The van der Waals surface area contributed by atoms with Crippen LogP contribution in [0.4, 0.5) is 0 Å². The average Bonchev–Trinajstić information content (AvgIpc) is 2.49. The van der Waals surface area contributed by atoms with E-state index in [0.29, 0.717) is 18.5 Å². The number of amides is 2. The van der Waals surface area contributed by atoms with E-state index in [1.165, 1.54) is 0 Å². The van der Waals surface area contributed by atoms with Crippen molar-refractivity contribution in [2.45, 2.75) is 32.9 Å². The van der Waals surface area contributed by atoms with Crippen LogP contribution in [-0.4, -0.2) is 41.4 Å². The molecule has 0 bridgehead atoms. The molecule has 4 nitrogen and oxygen atoms in total. The molecule has 1 saturated heterocycles. The van der Waals surface area contributed by atoms with E-state index in [-0.39, 0.29) is 23.9 Å². The van der Waals surface area contributed by atoms with Gasteiger partial charge in [-0.2, -0.15) is 0 Å². The Hall–Kier alpha value is -1.84. The molecule has 0 spiro atoms. The van der Waals surface area contributed by atoms with Crippen LogP contribution in [0.15, 0.2) is 30.3 Å². The highest BCUT2D eigenvalue weighted by molar-refractivity contribution is 5.95. The maximum absolute atomic E-state index is 12.7. The fraction of sp³-hybridized carbons (Fsp3) is 0.500. The number of rotatable bonds is 3. The first-order valence-electron chi connectivity index (χ1n) is 7.18. The average molecular weight is 274 g/mol. The van der Waals surface area contributed by atoms with Gasteiger partial charge in [0.15, 0.2) is 0 Å². The van der Waals surface area contributed by atoms with E-state index in [0.717, 1.165) is 6.42 Å². The summed E-state index contributed by atoms with van der Waals surface area (Å²) >= 11 is 0. The van der Waals surface area contributed by atoms with Gasteiger partial charge in [0.25, 0.3) is 5.91 Å². The summed E-state index contributed by atoms with van der Waals surface area (Å²) < 4.78 is 0. The van der Waals surface area contributed by atoms with Gasteiger partial charge in [0.1, 0.15) is 6.17 Å². The molecule has 1 aromatic rings. The van der Waals surface area contributed by atoms with Crippen LogP contribution >= 0.6 is 0 Å². The van der Waals surface area contributed by atoms with Gasteiger partial charge in [0.05, 0.1) is 0 Å². The monoisotopic (exact) mass is 274 g/mol. The Morgan fingerprint density at radius 1 is 1.35 bits per heavy atom. The lowest BCUT2D eigenvalue weighted by Gasteiger charge is -2.44. The number of benzene rings is 1. The molecule has 1 fully saturated rings. The van der Waals surface area contributed by atoms with Crippen LogP contribution in [0.3, 0.4) is 0 Å². The minimum atomic E-state index is -0.144. The topological polar surface area (TPSA) is 40.6 Å². The molecule has 1 heterocycles. The summed E-state index contributed by atoms with van der Waals surface area (Å²) in [5.74, 6) is 0.388. The Morgan fingerprint density at radius 2 is 2.00 bits per heavy atom. The van der Waals surface area contributed by atoms with Crippen molar-refractivity contribution in [2.75, 3.05) is 13.6 Å². The molecule has 108 valence electrons. The molecule has 0 saturated carbocycles. The van der Waals surface area contributed by atoms with Crippen LogP contribution in [0, 0.1) is 5.92 Å². The van der Waals surface area contributed by atoms with E-state index in [2.05, 4.69) is 13.8 Å². The fourth-order valence-corrected chi connectivity index (χ4v) is 2.75. The van der Waals surface area contributed by atoms with Crippen LogP contribution in [0.5, 0.6) is 0 Å². The van der Waals surface area contributed by atoms with Gasteiger partial charge in [-0.15, -0.1) is 0 Å². The van der Waals surface area contributed by atoms with E-state index in [9.17, 15) is 9.59 Å². The van der Waals surface area contributed by atoms with Gasteiger partial charge < -0.3 is 9.80 Å². The lowest BCUT2D eigenvalue weighted by Crippen LogP contribution is -2.59. The number of hydrogen-bond acceptors (Lipinski definition) is 2. The largest absolute Gasteiger partial charge is 0.325 e. The Bertz CT molecular complexity index is 487. The fourth-order valence-electron chi connectivity index (χ4n) is 2.75. The quantitative estimate of drug-likeness (QED) is 0.849. The molecule has 2 amide bonds. The van der Waals surface area contributed by atoms with Crippen molar-refractivity contribution in [1.82, 2.24) is 9.80 Å². The highest BCUT2D eigenvalue weighted by atomic mass is 16.2. The summed E-state index contributed by atoms with van der Waals surface area (Å²) in [4.78, 5) is 28.1. The minimum Gasteiger partial charge on any atom is -0.325 e. The smallest absolute Gasteiger partial charge is 0.255 e. The lowest BCUT2D eigenvalue weighted by molar-refractivity contribution is -0.142. The van der Waals surface area contributed by atoms with Gasteiger partial charge >= 0.3 is 0 Å². The first-order valence-corrected chi connectivity index (χ1v) is 7.18. The third kappa shape index (κ3) is 2.69. The van der Waals surface area contributed by atoms with Crippen molar-refractivity contribution >= 4 is 11.8 Å². The molecular formula is C16H22N2O2. The standard InChI is InChI=1S/C16H22N2O2/c1-4-12(2)15-17(3)14(19)10-11-18(15)16(20)13-8-6-5-7-9-13/h5-9,12,15H,4,10-11H2,1-3H3/t12?,15-/m1/s1. The SMILES string of the molecule is CCC(C)[C@@H]1N(C)C(=O)CCN1C(=O)c1ccccc1. The summed E-state index contributed by atoms with van der Waals surface area (Å²) in [6, 6.07) is 9.28. The number of carbonyl (C=O) groups is 2. The Labute approximate surface area is 120 Å². The first-order chi connectivity index (χ1) is 9.56. The zero-order valence-electron chi connectivity index (χ0n) is 12.4. The number of nitrogens with zero attached hydrogens (tertiary/aromatic N) is 2. The van der Waals surface area contributed by atoms with Gasteiger partial charge in [0.2, 0.25) is 5.91 Å². The van der Waals surface area contributed by atoms with Crippen LogP contribution in [0.25, 0.3) is 0 Å². The third-order valence-corrected chi connectivity index (χ3v) is 4.11. The highest BCUT2D eigenvalue weighted by Gasteiger charge is 2.37. The molecule has 2 rings (SSSR count).